The summed E-state index contributed by atoms with van der Waals surface area (Å²) in [4.78, 5) is 23.8. The Hall–Kier alpha value is -1.40. The summed E-state index contributed by atoms with van der Waals surface area (Å²) < 4.78 is 24.8. The molecule has 0 unspecified atom stereocenters. The SMILES string of the molecule is C=C1CC[C@@]2(OC1)O[C@H]1C[C@@H]3[C@@H]4CC[C@H]5C[C@@H](OC(C)=O)[C@H](OC(C)=O)C[C@]5(C)[C@@H]4CC[C@]3(C)[C@H]1[C@@H]2C. The van der Waals surface area contributed by atoms with Crippen molar-refractivity contribution in [1.29, 1.82) is 0 Å². The number of esters is 2. The zero-order chi connectivity index (χ0) is 26.3. The van der Waals surface area contributed by atoms with Crippen molar-refractivity contribution >= 4 is 11.9 Å². The molecule has 4 saturated carbocycles. The van der Waals surface area contributed by atoms with Crippen LogP contribution in [0.15, 0.2) is 12.2 Å². The van der Waals surface area contributed by atoms with Gasteiger partial charge in [0.2, 0.25) is 0 Å². The molecule has 6 rings (SSSR count). The molecule has 1 spiro atoms. The minimum Gasteiger partial charge on any atom is -0.459 e. The van der Waals surface area contributed by atoms with Crippen LogP contribution in [-0.2, 0) is 28.5 Å². The molecule has 37 heavy (non-hydrogen) atoms. The fourth-order valence-corrected chi connectivity index (χ4v) is 10.8. The summed E-state index contributed by atoms with van der Waals surface area (Å²) in [5.74, 6) is 2.39. The van der Waals surface area contributed by atoms with Crippen LogP contribution in [0.3, 0.4) is 0 Å². The second-order valence-corrected chi connectivity index (χ2v) is 14.0. The summed E-state index contributed by atoms with van der Waals surface area (Å²) in [6, 6.07) is 0. The number of rotatable bonds is 2. The van der Waals surface area contributed by atoms with E-state index in [9.17, 15) is 9.59 Å². The lowest BCUT2D eigenvalue weighted by Gasteiger charge is -2.62. The van der Waals surface area contributed by atoms with Crippen LogP contribution in [0.4, 0.5) is 0 Å². The van der Waals surface area contributed by atoms with E-state index in [4.69, 9.17) is 18.9 Å². The first-order valence-electron chi connectivity index (χ1n) is 14.8. The summed E-state index contributed by atoms with van der Waals surface area (Å²) in [6.45, 7) is 15.1. The van der Waals surface area contributed by atoms with Crippen molar-refractivity contribution in [1.82, 2.24) is 0 Å². The molecule has 0 N–H and O–H groups in total. The number of carbonyl (C=O) groups excluding carboxylic acids is 2. The molecule has 0 amide bonds. The van der Waals surface area contributed by atoms with Gasteiger partial charge in [-0.3, -0.25) is 9.59 Å². The Bertz CT molecular complexity index is 965. The zero-order valence-electron chi connectivity index (χ0n) is 23.4. The summed E-state index contributed by atoms with van der Waals surface area (Å²) in [7, 11) is 0. The predicted octanol–water partition coefficient (Wildman–Crippen LogP) is 5.83. The zero-order valence-corrected chi connectivity index (χ0v) is 23.4. The smallest absolute Gasteiger partial charge is 0.303 e. The largest absolute Gasteiger partial charge is 0.459 e. The van der Waals surface area contributed by atoms with Crippen LogP contribution in [-0.4, -0.2) is 42.6 Å². The molecule has 6 nitrogen and oxygen atoms in total. The monoisotopic (exact) mass is 514 g/mol. The average Bonchev–Trinajstić information content (AvgIpc) is 3.26. The van der Waals surface area contributed by atoms with Crippen LogP contribution < -0.4 is 0 Å². The number of hydrogen-bond acceptors (Lipinski definition) is 6. The maximum atomic E-state index is 12.0. The van der Waals surface area contributed by atoms with Gasteiger partial charge in [0, 0.05) is 26.2 Å². The minimum absolute atomic E-state index is 0.0965. The molecule has 0 aromatic rings. The van der Waals surface area contributed by atoms with Crippen LogP contribution in [0.1, 0.15) is 92.4 Å². The van der Waals surface area contributed by atoms with E-state index in [2.05, 4.69) is 27.4 Å². The molecule has 206 valence electrons. The maximum absolute atomic E-state index is 12.0. The molecule has 2 heterocycles. The standard InChI is InChI=1S/C31H46O6/c1-17-9-12-31(34-16-17)18(2)28-26(37-31)14-24-22-8-7-21-13-25(35-19(3)32)27(36-20(4)33)15-30(21,6)23(22)10-11-29(24,28)5/h18,21-28H,1,7-16H2,2-6H3/t18-,21-,22+,23+,24+,25+,26-,27+,28-,29-,30-,31+/m0/s1. The normalized spacial score (nSPS) is 52.6. The Morgan fingerprint density at radius 3 is 2.35 bits per heavy atom. The molecule has 2 saturated heterocycles. The van der Waals surface area contributed by atoms with E-state index in [1.165, 1.54) is 38.7 Å². The topological polar surface area (TPSA) is 71.1 Å². The predicted molar refractivity (Wildman–Crippen MR) is 138 cm³/mol. The molecule has 6 aliphatic rings. The Balaban J connectivity index is 1.24. The van der Waals surface area contributed by atoms with Gasteiger partial charge in [-0.25, -0.2) is 0 Å². The molecular formula is C31H46O6. The maximum Gasteiger partial charge on any atom is 0.303 e. The van der Waals surface area contributed by atoms with Crippen molar-refractivity contribution in [2.75, 3.05) is 6.61 Å². The van der Waals surface area contributed by atoms with Crippen molar-refractivity contribution in [3.05, 3.63) is 12.2 Å². The first kappa shape index (κ1) is 25.9. The van der Waals surface area contributed by atoms with Gasteiger partial charge in [0.25, 0.3) is 0 Å². The third-order valence-corrected chi connectivity index (χ3v) is 12.3. The van der Waals surface area contributed by atoms with Gasteiger partial charge in [-0.15, -0.1) is 0 Å². The second-order valence-electron chi connectivity index (χ2n) is 14.0. The van der Waals surface area contributed by atoms with Gasteiger partial charge in [0.15, 0.2) is 5.79 Å². The highest BCUT2D eigenvalue weighted by molar-refractivity contribution is 5.67. The first-order valence-corrected chi connectivity index (χ1v) is 14.8. The van der Waals surface area contributed by atoms with Gasteiger partial charge >= 0.3 is 11.9 Å². The third-order valence-electron chi connectivity index (χ3n) is 12.3. The van der Waals surface area contributed by atoms with Crippen molar-refractivity contribution in [2.45, 2.75) is 117 Å². The van der Waals surface area contributed by atoms with Crippen molar-refractivity contribution in [2.24, 2.45) is 46.3 Å². The Labute approximate surface area is 222 Å². The average molecular weight is 515 g/mol. The highest BCUT2D eigenvalue weighted by atomic mass is 16.7. The van der Waals surface area contributed by atoms with E-state index in [1.807, 2.05) is 0 Å². The molecule has 12 atom stereocenters. The fourth-order valence-electron chi connectivity index (χ4n) is 10.8. The summed E-state index contributed by atoms with van der Waals surface area (Å²) in [5, 5.41) is 0. The van der Waals surface area contributed by atoms with Crippen LogP contribution in [0.25, 0.3) is 0 Å². The number of fused-ring (bicyclic) bond motifs is 7. The van der Waals surface area contributed by atoms with Crippen molar-refractivity contribution in [3.63, 3.8) is 0 Å². The van der Waals surface area contributed by atoms with E-state index in [-0.39, 0.29) is 41.1 Å². The third kappa shape index (κ3) is 3.86. The fraction of sp³-hybridized carbons (Fsp3) is 0.871. The molecule has 0 radical (unpaired) electrons. The van der Waals surface area contributed by atoms with Crippen LogP contribution >= 0.6 is 0 Å². The lowest BCUT2D eigenvalue weighted by molar-refractivity contribution is -0.256. The lowest BCUT2D eigenvalue weighted by Crippen LogP contribution is -2.58. The van der Waals surface area contributed by atoms with Crippen LogP contribution in [0, 0.1) is 46.3 Å². The molecular weight excluding hydrogens is 468 g/mol. The van der Waals surface area contributed by atoms with Gasteiger partial charge in [-0.05, 0) is 91.8 Å². The van der Waals surface area contributed by atoms with Crippen LogP contribution in [0.5, 0.6) is 0 Å². The molecule has 0 aromatic heterocycles. The van der Waals surface area contributed by atoms with Gasteiger partial charge in [0.1, 0.15) is 12.2 Å². The van der Waals surface area contributed by atoms with Gasteiger partial charge in [-0.2, -0.15) is 0 Å². The van der Waals surface area contributed by atoms with Crippen molar-refractivity contribution < 1.29 is 28.5 Å². The van der Waals surface area contributed by atoms with Crippen LogP contribution in [0.2, 0.25) is 0 Å². The van der Waals surface area contributed by atoms with E-state index >= 15 is 0 Å². The van der Waals surface area contributed by atoms with E-state index in [0.29, 0.717) is 42.1 Å². The minimum atomic E-state index is -0.419. The quantitative estimate of drug-likeness (QED) is 0.341. The second kappa shape index (κ2) is 8.81. The Kier molecular flexibility index (Phi) is 6.15. The Morgan fingerprint density at radius 1 is 0.946 bits per heavy atom. The van der Waals surface area contributed by atoms with Gasteiger partial charge < -0.3 is 18.9 Å². The van der Waals surface area contributed by atoms with Crippen molar-refractivity contribution in [3.8, 4) is 0 Å². The summed E-state index contributed by atoms with van der Waals surface area (Å²) in [6.07, 6.45) is 9.14. The van der Waals surface area contributed by atoms with Gasteiger partial charge in [0.05, 0.1) is 12.7 Å². The van der Waals surface area contributed by atoms with E-state index in [0.717, 1.165) is 38.5 Å². The number of carbonyl (C=O) groups is 2. The highest BCUT2D eigenvalue weighted by Crippen LogP contribution is 2.71. The summed E-state index contributed by atoms with van der Waals surface area (Å²) in [5.41, 5.74) is 1.56. The number of hydrogen-bond donors (Lipinski definition) is 0. The molecule has 6 heteroatoms. The lowest BCUT2D eigenvalue weighted by atomic mass is 9.44. The first-order chi connectivity index (χ1) is 17.5. The molecule has 2 aliphatic heterocycles. The highest BCUT2D eigenvalue weighted by Gasteiger charge is 2.69. The molecule has 0 bridgehead atoms. The van der Waals surface area contributed by atoms with E-state index in [1.54, 1.807) is 0 Å². The molecule has 6 fully saturated rings. The van der Waals surface area contributed by atoms with E-state index < -0.39 is 5.79 Å². The Morgan fingerprint density at radius 2 is 1.68 bits per heavy atom. The number of ether oxygens (including phenoxy) is 4. The molecule has 0 aromatic carbocycles. The van der Waals surface area contributed by atoms with Gasteiger partial charge in [-0.1, -0.05) is 32.9 Å². The molecule has 4 aliphatic carbocycles. The summed E-state index contributed by atoms with van der Waals surface area (Å²) >= 11 is 0.